The van der Waals surface area contributed by atoms with Gasteiger partial charge in [0.05, 0.1) is 6.10 Å². The topological polar surface area (TPSA) is 63.6 Å². The van der Waals surface area contributed by atoms with Gasteiger partial charge in [-0.25, -0.2) is 0 Å². The van der Waals surface area contributed by atoms with Crippen LogP contribution in [0.5, 0.6) is 0 Å². The molecule has 0 rings (SSSR count). The molecule has 0 saturated heterocycles. The van der Waals surface area contributed by atoms with E-state index < -0.39 is 5.97 Å². The Balaban J connectivity index is 3.29. The standard InChI is InChI=1S/C42H80O4/c1-3-4-5-6-7-8-9-10-11-12-13-14-18-21-24-27-30-33-36-39-42(45)46-40(2)37-34-31-28-25-22-19-16-15-17-20-23-26-29-32-35-38-41(43)44/h10-11,40H,3-9,12-39H2,1-2H3,(H,43,44)/b11-10-. The Morgan fingerprint density at radius 1 is 0.478 bits per heavy atom. The maximum Gasteiger partial charge on any atom is 0.306 e. The average Bonchev–Trinajstić information content (AvgIpc) is 3.03. The summed E-state index contributed by atoms with van der Waals surface area (Å²) in [6.07, 6.45) is 48.0. The fourth-order valence-electron chi connectivity index (χ4n) is 6.40. The molecule has 0 aromatic heterocycles. The molecule has 0 heterocycles. The van der Waals surface area contributed by atoms with Gasteiger partial charge in [-0.15, -0.1) is 0 Å². The summed E-state index contributed by atoms with van der Waals surface area (Å²) in [5.74, 6) is -0.660. The second kappa shape index (κ2) is 38.1. The normalized spacial score (nSPS) is 12.2. The van der Waals surface area contributed by atoms with Gasteiger partial charge in [-0.05, 0) is 58.3 Å². The molecule has 0 aromatic rings. The van der Waals surface area contributed by atoms with E-state index >= 15 is 0 Å². The van der Waals surface area contributed by atoms with Gasteiger partial charge in [-0.1, -0.05) is 180 Å². The van der Waals surface area contributed by atoms with Crippen LogP contribution in [-0.4, -0.2) is 23.1 Å². The highest BCUT2D eigenvalue weighted by Crippen LogP contribution is 2.16. The number of hydrogen-bond donors (Lipinski definition) is 1. The number of ether oxygens (including phenoxy) is 1. The molecule has 1 unspecified atom stereocenters. The summed E-state index contributed by atoms with van der Waals surface area (Å²) in [7, 11) is 0. The molecule has 46 heavy (non-hydrogen) atoms. The van der Waals surface area contributed by atoms with E-state index in [1.165, 1.54) is 180 Å². The molecule has 272 valence electrons. The van der Waals surface area contributed by atoms with Gasteiger partial charge >= 0.3 is 11.9 Å². The number of carbonyl (C=O) groups is 2. The molecule has 0 aliphatic rings. The van der Waals surface area contributed by atoms with Gasteiger partial charge in [-0.3, -0.25) is 9.59 Å². The number of carbonyl (C=O) groups excluding carboxylic acids is 1. The summed E-state index contributed by atoms with van der Waals surface area (Å²) in [5, 5.41) is 8.65. The minimum atomic E-state index is -0.664. The Morgan fingerprint density at radius 3 is 1.20 bits per heavy atom. The number of rotatable bonds is 38. The smallest absolute Gasteiger partial charge is 0.306 e. The van der Waals surface area contributed by atoms with Crippen molar-refractivity contribution in [3.63, 3.8) is 0 Å². The van der Waals surface area contributed by atoms with Crippen LogP contribution in [0.3, 0.4) is 0 Å². The lowest BCUT2D eigenvalue weighted by molar-refractivity contribution is -0.148. The Labute approximate surface area is 287 Å². The number of hydrogen-bond acceptors (Lipinski definition) is 3. The predicted molar refractivity (Wildman–Crippen MR) is 200 cm³/mol. The molecule has 0 aliphatic heterocycles. The SMILES string of the molecule is CCCCCCCC/C=C\CCCCCCCCCCCC(=O)OC(C)CCCCCCCCCCCCCCCCCC(=O)O. The van der Waals surface area contributed by atoms with E-state index in [-0.39, 0.29) is 12.1 Å². The van der Waals surface area contributed by atoms with Crippen molar-refractivity contribution in [2.45, 2.75) is 245 Å². The van der Waals surface area contributed by atoms with E-state index in [2.05, 4.69) is 26.0 Å². The van der Waals surface area contributed by atoms with Crippen LogP contribution >= 0.6 is 0 Å². The van der Waals surface area contributed by atoms with Gasteiger partial charge in [0.15, 0.2) is 0 Å². The van der Waals surface area contributed by atoms with Crippen molar-refractivity contribution in [3.05, 3.63) is 12.2 Å². The minimum Gasteiger partial charge on any atom is -0.481 e. The van der Waals surface area contributed by atoms with Crippen molar-refractivity contribution in [2.75, 3.05) is 0 Å². The van der Waals surface area contributed by atoms with Gasteiger partial charge < -0.3 is 9.84 Å². The molecule has 0 amide bonds. The maximum atomic E-state index is 12.2. The van der Waals surface area contributed by atoms with Crippen LogP contribution in [-0.2, 0) is 14.3 Å². The Bertz CT molecular complexity index is 658. The summed E-state index contributed by atoms with van der Waals surface area (Å²) >= 11 is 0. The van der Waals surface area contributed by atoms with Crippen LogP contribution in [0, 0.1) is 0 Å². The summed E-state index contributed by atoms with van der Waals surface area (Å²) < 4.78 is 5.66. The molecule has 1 N–H and O–H groups in total. The summed E-state index contributed by atoms with van der Waals surface area (Å²) in [4.78, 5) is 22.7. The van der Waals surface area contributed by atoms with E-state index in [9.17, 15) is 9.59 Å². The first-order valence-electron chi connectivity index (χ1n) is 20.6. The van der Waals surface area contributed by atoms with Crippen molar-refractivity contribution < 1.29 is 19.4 Å². The molecule has 0 fully saturated rings. The number of carboxylic acid groups (broad SMARTS) is 1. The molecule has 0 saturated carbocycles. The largest absolute Gasteiger partial charge is 0.481 e. The van der Waals surface area contributed by atoms with Crippen molar-refractivity contribution >= 4 is 11.9 Å². The summed E-state index contributed by atoms with van der Waals surface area (Å²) in [6, 6.07) is 0. The fraction of sp³-hybridized carbons (Fsp3) is 0.905. The van der Waals surface area contributed by atoms with Crippen LogP contribution in [0.2, 0.25) is 0 Å². The van der Waals surface area contributed by atoms with Crippen LogP contribution in [0.15, 0.2) is 12.2 Å². The second-order valence-corrected chi connectivity index (χ2v) is 14.3. The summed E-state index contributed by atoms with van der Waals surface area (Å²) in [6.45, 7) is 4.34. The number of esters is 1. The van der Waals surface area contributed by atoms with Gasteiger partial charge in [0, 0.05) is 12.8 Å². The van der Waals surface area contributed by atoms with Crippen LogP contribution in [0.4, 0.5) is 0 Å². The van der Waals surface area contributed by atoms with E-state index in [1.54, 1.807) is 0 Å². The van der Waals surface area contributed by atoms with E-state index in [0.717, 1.165) is 32.1 Å². The van der Waals surface area contributed by atoms with Gasteiger partial charge in [0.25, 0.3) is 0 Å². The third-order valence-corrected chi connectivity index (χ3v) is 9.48. The van der Waals surface area contributed by atoms with Crippen molar-refractivity contribution in [1.29, 1.82) is 0 Å². The van der Waals surface area contributed by atoms with Crippen LogP contribution < -0.4 is 0 Å². The molecular formula is C42H80O4. The fourth-order valence-corrected chi connectivity index (χ4v) is 6.40. The van der Waals surface area contributed by atoms with Crippen molar-refractivity contribution in [3.8, 4) is 0 Å². The zero-order valence-corrected chi connectivity index (χ0v) is 31.2. The monoisotopic (exact) mass is 649 g/mol. The van der Waals surface area contributed by atoms with Gasteiger partial charge in [0.2, 0.25) is 0 Å². The van der Waals surface area contributed by atoms with Crippen molar-refractivity contribution in [1.82, 2.24) is 0 Å². The number of unbranched alkanes of at least 4 members (excludes halogenated alkanes) is 29. The average molecular weight is 649 g/mol. The Kier molecular flexibility index (Phi) is 37.0. The maximum absolute atomic E-state index is 12.2. The first kappa shape index (κ1) is 44.7. The molecule has 0 aliphatic carbocycles. The number of allylic oxidation sites excluding steroid dienone is 2. The number of carboxylic acids is 1. The third-order valence-electron chi connectivity index (χ3n) is 9.48. The predicted octanol–water partition coefficient (Wildman–Crippen LogP) is 14.2. The Hall–Kier alpha value is -1.32. The first-order valence-corrected chi connectivity index (χ1v) is 20.6. The molecule has 0 bridgehead atoms. The molecule has 0 radical (unpaired) electrons. The highest BCUT2D eigenvalue weighted by atomic mass is 16.5. The lowest BCUT2D eigenvalue weighted by Crippen LogP contribution is -2.14. The van der Waals surface area contributed by atoms with E-state index in [4.69, 9.17) is 9.84 Å². The van der Waals surface area contributed by atoms with Crippen molar-refractivity contribution in [2.24, 2.45) is 0 Å². The number of aliphatic carboxylic acids is 1. The van der Waals surface area contributed by atoms with Gasteiger partial charge in [-0.2, -0.15) is 0 Å². The zero-order valence-electron chi connectivity index (χ0n) is 31.2. The van der Waals surface area contributed by atoms with Gasteiger partial charge in [0.1, 0.15) is 0 Å². The zero-order chi connectivity index (χ0) is 33.6. The highest BCUT2D eigenvalue weighted by Gasteiger charge is 2.09. The lowest BCUT2D eigenvalue weighted by atomic mass is 10.0. The quantitative estimate of drug-likeness (QED) is 0.0411. The minimum absolute atomic E-state index is 0.00395. The molecule has 0 aromatic carbocycles. The van der Waals surface area contributed by atoms with Crippen LogP contribution in [0.25, 0.3) is 0 Å². The molecule has 4 heteroatoms. The van der Waals surface area contributed by atoms with E-state index in [1.807, 2.05) is 0 Å². The molecule has 1 atom stereocenters. The first-order chi connectivity index (χ1) is 22.6. The lowest BCUT2D eigenvalue weighted by Gasteiger charge is -2.13. The third kappa shape index (κ3) is 38.9. The molecule has 4 nitrogen and oxygen atoms in total. The highest BCUT2D eigenvalue weighted by molar-refractivity contribution is 5.69. The van der Waals surface area contributed by atoms with Crippen LogP contribution in [0.1, 0.15) is 239 Å². The summed E-state index contributed by atoms with van der Waals surface area (Å²) in [5.41, 5.74) is 0. The second-order valence-electron chi connectivity index (χ2n) is 14.3. The van der Waals surface area contributed by atoms with E-state index in [0.29, 0.717) is 12.8 Å². The molecule has 0 spiro atoms. The Morgan fingerprint density at radius 2 is 0.804 bits per heavy atom. The molecular weight excluding hydrogens is 568 g/mol.